The van der Waals surface area contributed by atoms with Crippen molar-refractivity contribution < 1.29 is 18.9 Å². The highest BCUT2D eigenvalue weighted by Crippen LogP contribution is 2.48. The van der Waals surface area contributed by atoms with Gasteiger partial charge in [-0.05, 0) is 41.3 Å². The largest absolute Gasteiger partial charge is 0.382 e. The van der Waals surface area contributed by atoms with E-state index >= 15 is 0 Å². The van der Waals surface area contributed by atoms with Gasteiger partial charge in [0.15, 0.2) is 11.4 Å². The molecule has 1 fully saturated rings. The molecular formula is C35H36N4O4. The average molecular weight is 577 g/mol. The zero-order valence-corrected chi connectivity index (χ0v) is 24.2. The van der Waals surface area contributed by atoms with Gasteiger partial charge in [0, 0.05) is 0 Å². The molecule has 0 amide bonds. The van der Waals surface area contributed by atoms with E-state index in [1.807, 2.05) is 110 Å². The van der Waals surface area contributed by atoms with Crippen LogP contribution >= 0.6 is 0 Å². The lowest BCUT2D eigenvalue weighted by Crippen LogP contribution is -2.45. The van der Waals surface area contributed by atoms with Gasteiger partial charge in [0.1, 0.15) is 30.2 Å². The lowest BCUT2D eigenvalue weighted by atomic mass is 9.85. The smallest absolute Gasteiger partial charge is 0.160 e. The lowest BCUT2D eigenvalue weighted by molar-refractivity contribution is -0.107. The van der Waals surface area contributed by atoms with E-state index < -0.39 is 23.9 Å². The Morgan fingerprint density at radius 1 is 0.837 bits per heavy atom. The molecule has 1 aliphatic heterocycles. The number of rotatable bonds is 12. The minimum absolute atomic E-state index is 0.287. The maximum absolute atomic E-state index is 7.05. The minimum Gasteiger partial charge on any atom is -0.382 e. The zero-order valence-electron chi connectivity index (χ0n) is 24.2. The molecule has 1 unspecified atom stereocenters. The molecule has 0 aliphatic carbocycles. The monoisotopic (exact) mass is 576 g/mol. The van der Waals surface area contributed by atoms with Gasteiger partial charge >= 0.3 is 0 Å². The minimum atomic E-state index is -1.12. The molecule has 0 bridgehead atoms. The van der Waals surface area contributed by atoms with Crippen LogP contribution in [0, 0.1) is 0 Å². The first-order valence-electron chi connectivity index (χ1n) is 14.4. The summed E-state index contributed by atoms with van der Waals surface area (Å²) in [5, 5.41) is 4.55. The van der Waals surface area contributed by atoms with Crippen molar-refractivity contribution in [1.29, 1.82) is 0 Å². The molecule has 1 saturated heterocycles. The highest BCUT2D eigenvalue weighted by Gasteiger charge is 2.59. The number of nitrogens with two attached hydrogens (primary N) is 1. The molecule has 220 valence electrons. The van der Waals surface area contributed by atoms with E-state index in [1.165, 1.54) is 6.33 Å². The van der Waals surface area contributed by atoms with E-state index in [0.717, 1.165) is 28.0 Å². The Morgan fingerprint density at radius 2 is 1.42 bits per heavy atom. The molecule has 0 saturated carbocycles. The highest BCUT2D eigenvalue weighted by molar-refractivity contribution is 5.66. The molecule has 8 heteroatoms. The quantitative estimate of drug-likeness (QED) is 0.186. The molecule has 43 heavy (non-hydrogen) atoms. The lowest BCUT2D eigenvalue weighted by Gasteiger charge is -2.35. The third-order valence-electron chi connectivity index (χ3n) is 7.85. The maximum atomic E-state index is 7.05. The number of fused-ring (bicyclic) bond motifs is 1. The predicted molar refractivity (Wildman–Crippen MR) is 165 cm³/mol. The second kappa shape index (κ2) is 12.9. The Hall–Kier alpha value is -4.34. The zero-order chi connectivity index (χ0) is 29.6. The third-order valence-corrected chi connectivity index (χ3v) is 7.85. The Bertz CT molecular complexity index is 1640. The van der Waals surface area contributed by atoms with Crippen molar-refractivity contribution in [3.63, 3.8) is 0 Å². The van der Waals surface area contributed by atoms with Crippen molar-refractivity contribution in [2.45, 2.75) is 50.7 Å². The molecular weight excluding hydrogens is 540 g/mol. The van der Waals surface area contributed by atoms with Crippen molar-refractivity contribution in [3.8, 4) is 0 Å². The molecule has 5 aromatic rings. The van der Waals surface area contributed by atoms with E-state index in [4.69, 9.17) is 24.7 Å². The molecule has 3 heterocycles. The van der Waals surface area contributed by atoms with Crippen LogP contribution in [-0.2, 0) is 44.4 Å². The van der Waals surface area contributed by atoms with Gasteiger partial charge in [-0.2, -0.15) is 5.10 Å². The van der Waals surface area contributed by atoms with Crippen LogP contribution in [-0.4, -0.2) is 39.5 Å². The molecule has 2 aromatic heterocycles. The van der Waals surface area contributed by atoms with Gasteiger partial charge < -0.3 is 24.7 Å². The Kier molecular flexibility index (Phi) is 8.62. The summed E-state index contributed by atoms with van der Waals surface area (Å²) in [6.07, 6.45) is -0.124. The Labute approximate surface area is 251 Å². The number of nitrogens with zero attached hydrogens (tertiary/aromatic N) is 3. The average Bonchev–Trinajstić information content (AvgIpc) is 3.61. The summed E-state index contributed by atoms with van der Waals surface area (Å²) in [4.78, 5) is 4.18. The van der Waals surface area contributed by atoms with Crippen molar-refractivity contribution in [3.05, 3.63) is 144 Å². The molecule has 8 nitrogen and oxygen atoms in total. The van der Waals surface area contributed by atoms with E-state index in [0.29, 0.717) is 31.2 Å². The highest BCUT2D eigenvalue weighted by atomic mass is 16.6. The van der Waals surface area contributed by atoms with Crippen LogP contribution in [0.25, 0.3) is 5.52 Å². The molecule has 2 N–H and O–H groups in total. The summed E-state index contributed by atoms with van der Waals surface area (Å²) in [7, 11) is 0. The van der Waals surface area contributed by atoms with Crippen LogP contribution in [0.2, 0.25) is 0 Å². The fraction of sp³-hybridized carbons (Fsp3) is 0.257. The van der Waals surface area contributed by atoms with Crippen LogP contribution in [0.1, 0.15) is 29.3 Å². The molecule has 1 aliphatic rings. The number of ether oxygens (including phenoxy) is 4. The van der Waals surface area contributed by atoms with Crippen LogP contribution in [0.3, 0.4) is 0 Å². The summed E-state index contributed by atoms with van der Waals surface area (Å²) in [6.45, 7) is 7.84. The number of benzene rings is 3. The van der Waals surface area contributed by atoms with Gasteiger partial charge in [0.25, 0.3) is 0 Å². The standard InChI is InChI=1S/C35H36N4O4/c1-25(2)35(31-19-18-29-34(36)37-24-38-39(29)31)33(42-22-28-16-10-5-11-17-28)32(41-21-27-14-8-4-9-15-27)30(43-35)23-40-20-26-12-6-3-7-13-26/h3-19,24,30,32-33H,1,20-23H2,2H3,(H2,36,37,38)/t30-,32-,33-,35?/m1/s1. The number of hydrogen-bond donors (Lipinski definition) is 1. The van der Waals surface area contributed by atoms with E-state index in [2.05, 4.69) is 16.7 Å². The van der Waals surface area contributed by atoms with E-state index in [1.54, 1.807) is 4.52 Å². The fourth-order valence-corrected chi connectivity index (χ4v) is 5.73. The number of anilines is 1. The van der Waals surface area contributed by atoms with Crippen molar-refractivity contribution in [2.75, 3.05) is 12.3 Å². The van der Waals surface area contributed by atoms with E-state index in [9.17, 15) is 0 Å². The van der Waals surface area contributed by atoms with Gasteiger partial charge in [-0.15, -0.1) is 0 Å². The van der Waals surface area contributed by atoms with Crippen molar-refractivity contribution in [2.24, 2.45) is 0 Å². The van der Waals surface area contributed by atoms with Crippen LogP contribution in [0.5, 0.6) is 0 Å². The number of hydrogen-bond acceptors (Lipinski definition) is 7. The SMILES string of the molecule is C=C(C)C1(c2ccc3c(N)ncnn23)O[C@H](COCc2ccccc2)[C@@H](OCc2ccccc2)[C@H]1OCc1ccccc1. The van der Waals surface area contributed by atoms with Crippen LogP contribution in [0.4, 0.5) is 5.82 Å². The maximum Gasteiger partial charge on any atom is 0.160 e. The third kappa shape index (κ3) is 5.96. The molecule has 6 rings (SSSR count). The fourth-order valence-electron chi connectivity index (χ4n) is 5.73. The van der Waals surface area contributed by atoms with Crippen LogP contribution in [0.15, 0.2) is 122 Å². The topological polar surface area (TPSA) is 93.1 Å². The first-order valence-corrected chi connectivity index (χ1v) is 14.4. The van der Waals surface area contributed by atoms with Gasteiger partial charge in [0.2, 0.25) is 0 Å². The van der Waals surface area contributed by atoms with Gasteiger partial charge in [0.05, 0.1) is 32.1 Å². The van der Waals surface area contributed by atoms with Gasteiger partial charge in [-0.1, -0.05) is 97.6 Å². The van der Waals surface area contributed by atoms with Crippen LogP contribution < -0.4 is 5.73 Å². The van der Waals surface area contributed by atoms with Gasteiger partial charge in [-0.25, -0.2) is 9.50 Å². The summed E-state index contributed by atoms with van der Waals surface area (Å²) in [5.41, 5.74) is 10.4. The summed E-state index contributed by atoms with van der Waals surface area (Å²) in [6, 6.07) is 34.1. The van der Waals surface area contributed by atoms with Gasteiger partial charge in [-0.3, -0.25) is 0 Å². The van der Waals surface area contributed by atoms with Crippen molar-refractivity contribution >= 4 is 11.3 Å². The second-order valence-corrected chi connectivity index (χ2v) is 10.8. The number of nitrogen functional groups attached to an aromatic ring is 1. The predicted octanol–water partition coefficient (Wildman–Crippen LogP) is 5.87. The second-order valence-electron chi connectivity index (χ2n) is 10.8. The normalized spacial score (nSPS) is 21.7. The van der Waals surface area contributed by atoms with Crippen molar-refractivity contribution in [1.82, 2.24) is 14.6 Å². The first kappa shape index (κ1) is 28.8. The Morgan fingerprint density at radius 3 is 2.02 bits per heavy atom. The molecule has 3 aromatic carbocycles. The summed E-state index contributed by atoms with van der Waals surface area (Å²) >= 11 is 0. The van der Waals surface area contributed by atoms with E-state index in [-0.39, 0.29) is 6.61 Å². The molecule has 0 spiro atoms. The molecule has 0 radical (unpaired) electrons. The Balaban J connectivity index is 1.40. The summed E-state index contributed by atoms with van der Waals surface area (Å²) < 4.78 is 28.6. The summed E-state index contributed by atoms with van der Waals surface area (Å²) in [5.74, 6) is 0.373. The first-order chi connectivity index (χ1) is 21.1. The molecule has 4 atom stereocenters. The number of aromatic nitrogens is 3.